The lowest BCUT2D eigenvalue weighted by Crippen LogP contribution is -2.30. The van der Waals surface area contributed by atoms with E-state index in [1.807, 2.05) is 12.1 Å². The van der Waals surface area contributed by atoms with E-state index in [-0.39, 0.29) is 0 Å². The Kier molecular flexibility index (Phi) is 3.95. The smallest absolute Gasteiger partial charge is 0.213 e. The predicted molar refractivity (Wildman–Crippen MR) is 105 cm³/mol. The number of aryl methyl sites for hydroxylation is 1. The summed E-state index contributed by atoms with van der Waals surface area (Å²) >= 11 is 0. The molecule has 0 fully saturated rings. The molecule has 4 aromatic rings. The Labute approximate surface area is 147 Å². The maximum atomic E-state index is 5.23. The molecule has 0 radical (unpaired) electrons. The Morgan fingerprint density at radius 3 is 1.84 bits per heavy atom. The molecule has 0 aliphatic heterocycles. The van der Waals surface area contributed by atoms with Crippen molar-refractivity contribution in [3.63, 3.8) is 0 Å². The molecule has 0 atom stereocenters. The molecule has 0 amide bonds. The van der Waals surface area contributed by atoms with Crippen molar-refractivity contribution in [2.24, 2.45) is 7.05 Å². The minimum atomic E-state index is 0.875. The lowest BCUT2D eigenvalue weighted by molar-refractivity contribution is -0.617. The van der Waals surface area contributed by atoms with Crippen molar-refractivity contribution in [1.82, 2.24) is 0 Å². The van der Waals surface area contributed by atoms with Crippen LogP contribution in [0.15, 0.2) is 72.8 Å². The first kappa shape index (κ1) is 15.4. The average Bonchev–Trinajstić information content (AvgIpc) is 2.68. The Hall–Kier alpha value is -3.13. The molecule has 25 heavy (non-hydrogen) atoms. The first-order valence-corrected chi connectivity index (χ1v) is 8.39. The minimum absolute atomic E-state index is 0.875. The van der Waals surface area contributed by atoms with Crippen LogP contribution in [0.4, 0.5) is 0 Å². The number of hydrogen-bond acceptors (Lipinski definition) is 1. The normalized spacial score (nSPS) is 11.4. The van der Waals surface area contributed by atoms with Gasteiger partial charge in [-0.25, -0.2) is 0 Å². The van der Waals surface area contributed by atoms with Crippen LogP contribution < -0.4 is 9.30 Å². The zero-order valence-corrected chi connectivity index (χ0v) is 14.4. The number of nitrogens with zero attached hydrogens (tertiary/aromatic N) is 1. The number of pyridine rings is 1. The van der Waals surface area contributed by atoms with Crippen molar-refractivity contribution in [3.8, 4) is 5.75 Å². The summed E-state index contributed by atoms with van der Waals surface area (Å²) < 4.78 is 7.49. The quantitative estimate of drug-likeness (QED) is 0.381. The van der Waals surface area contributed by atoms with E-state index in [1.54, 1.807) is 7.11 Å². The Bertz CT molecular complexity index is 1020. The van der Waals surface area contributed by atoms with Crippen molar-refractivity contribution >= 4 is 34.0 Å². The Balaban J connectivity index is 1.92. The maximum Gasteiger partial charge on any atom is 0.213 e. The molecule has 0 aliphatic rings. The second kappa shape index (κ2) is 6.40. The average molecular weight is 326 g/mol. The van der Waals surface area contributed by atoms with Crippen LogP contribution in [0.3, 0.4) is 0 Å². The highest BCUT2D eigenvalue weighted by Gasteiger charge is 2.15. The highest BCUT2D eigenvalue weighted by atomic mass is 16.5. The molecular formula is C23H20NO+. The number of fused-ring (bicyclic) bond motifs is 2. The van der Waals surface area contributed by atoms with Gasteiger partial charge >= 0.3 is 0 Å². The number of para-hydroxylation sites is 2. The second-order valence-corrected chi connectivity index (χ2v) is 6.11. The van der Waals surface area contributed by atoms with Crippen LogP contribution in [0.25, 0.3) is 34.0 Å². The van der Waals surface area contributed by atoms with Gasteiger partial charge in [0.2, 0.25) is 11.0 Å². The molecular weight excluding hydrogens is 306 g/mol. The molecule has 1 heterocycles. The number of aromatic nitrogens is 1. The van der Waals surface area contributed by atoms with Crippen LogP contribution in [0.1, 0.15) is 11.1 Å². The first-order valence-electron chi connectivity index (χ1n) is 8.39. The predicted octanol–water partition coefficient (Wildman–Crippen LogP) is 5.00. The summed E-state index contributed by atoms with van der Waals surface area (Å²) in [7, 11) is 3.81. The zero-order chi connectivity index (χ0) is 17.2. The number of ether oxygens (including phenoxy) is 1. The third-order valence-electron chi connectivity index (χ3n) is 4.67. The lowest BCUT2D eigenvalue weighted by atomic mass is 10.0. The zero-order valence-electron chi connectivity index (χ0n) is 14.4. The lowest BCUT2D eigenvalue weighted by Gasteiger charge is -2.07. The van der Waals surface area contributed by atoms with Crippen molar-refractivity contribution < 1.29 is 9.30 Å². The molecule has 1 aromatic heterocycles. The van der Waals surface area contributed by atoms with Crippen LogP contribution in [-0.4, -0.2) is 7.11 Å². The highest BCUT2D eigenvalue weighted by molar-refractivity contribution is 6.01. The number of benzene rings is 3. The summed E-state index contributed by atoms with van der Waals surface area (Å²) in [6.07, 6.45) is 4.38. The molecule has 0 N–H and O–H groups in total. The van der Waals surface area contributed by atoms with Gasteiger partial charge in [0.05, 0.1) is 17.9 Å². The standard InChI is InChI=1S/C23H20NO/c1-24-22-9-5-3-7-20(22)19(21-8-4-6-10-23(21)24)16-13-17-11-14-18(25-2)15-12-17/h3-16H,1-2H3/q+1/b16-13+. The summed E-state index contributed by atoms with van der Waals surface area (Å²) in [6.45, 7) is 0. The van der Waals surface area contributed by atoms with Crippen molar-refractivity contribution in [2.75, 3.05) is 7.11 Å². The van der Waals surface area contributed by atoms with Crippen LogP contribution in [-0.2, 0) is 7.05 Å². The van der Waals surface area contributed by atoms with Gasteiger partial charge in [-0.2, -0.15) is 4.57 Å². The largest absolute Gasteiger partial charge is 0.497 e. The minimum Gasteiger partial charge on any atom is -0.497 e. The molecule has 4 rings (SSSR count). The first-order chi connectivity index (χ1) is 12.3. The van der Waals surface area contributed by atoms with Crippen molar-refractivity contribution in [1.29, 1.82) is 0 Å². The monoisotopic (exact) mass is 326 g/mol. The van der Waals surface area contributed by atoms with Gasteiger partial charge in [-0.1, -0.05) is 48.6 Å². The molecule has 2 nitrogen and oxygen atoms in total. The highest BCUT2D eigenvalue weighted by Crippen LogP contribution is 2.26. The van der Waals surface area contributed by atoms with E-state index in [9.17, 15) is 0 Å². The molecule has 2 heteroatoms. The number of hydrogen-bond donors (Lipinski definition) is 0. The van der Waals surface area contributed by atoms with Gasteiger partial charge < -0.3 is 4.74 Å². The number of rotatable bonds is 3. The molecule has 0 aliphatic carbocycles. The van der Waals surface area contributed by atoms with Gasteiger partial charge in [-0.3, -0.25) is 0 Å². The molecule has 0 saturated heterocycles. The fourth-order valence-electron chi connectivity index (χ4n) is 3.34. The van der Waals surface area contributed by atoms with E-state index in [2.05, 4.69) is 84.4 Å². The maximum absolute atomic E-state index is 5.23. The molecule has 3 aromatic carbocycles. The second-order valence-electron chi connectivity index (χ2n) is 6.11. The SMILES string of the molecule is COc1ccc(/C=C/c2c3ccccc3[n+](C)c3ccccc23)cc1. The van der Waals surface area contributed by atoms with Gasteiger partial charge in [-0.15, -0.1) is 0 Å². The fraction of sp³-hybridized carbons (Fsp3) is 0.0870. The summed E-state index contributed by atoms with van der Waals surface area (Å²) in [5, 5.41) is 2.52. The molecule has 122 valence electrons. The Morgan fingerprint density at radius 2 is 1.28 bits per heavy atom. The van der Waals surface area contributed by atoms with E-state index >= 15 is 0 Å². The summed E-state index contributed by atoms with van der Waals surface area (Å²) in [6, 6.07) is 25.2. The van der Waals surface area contributed by atoms with E-state index in [0.717, 1.165) is 11.3 Å². The van der Waals surface area contributed by atoms with E-state index in [4.69, 9.17) is 4.74 Å². The van der Waals surface area contributed by atoms with Gasteiger partial charge in [0.15, 0.2) is 0 Å². The molecule has 0 unspecified atom stereocenters. The van der Waals surface area contributed by atoms with E-state index < -0.39 is 0 Å². The third-order valence-corrected chi connectivity index (χ3v) is 4.67. The molecule has 0 bridgehead atoms. The topological polar surface area (TPSA) is 13.1 Å². The Morgan fingerprint density at radius 1 is 0.720 bits per heavy atom. The van der Waals surface area contributed by atoms with E-state index in [1.165, 1.54) is 27.4 Å². The van der Waals surface area contributed by atoms with Crippen LogP contribution in [0.2, 0.25) is 0 Å². The third kappa shape index (κ3) is 2.76. The van der Waals surface area contributed by atoms with Crippen molar-refractivity contribution in [2.45, 2.75) is 0 Å². The van der Waals surface area contributed by atoms with Crippen molar-refractivity contribution in [3.05, 3.63) is 83.9 Å². The van der Waals surface area contributed by atoms with E-state index in [0.29, 0.717) is 0 Å². The van der Waals surface area contributed by atoms with Gasteiger partial charge in [-0.05, 0) is 29.8 Å². The van der Waals surface area contributed by atoms with Gasteiger partial charge in [0.25, 0.3) is 0 Å². The fourth-order valence-corrected chi connectivity index (χ4v) is 3.34. The summed E-state index contributed by atoms with van der Waals surface area (Å²) in [5.41, 5.74) is 4.87. The summed E-state index contributed by atoms with van der Waals surface area (Å²) in [4.78, 5) is 0. The summed E-state index contributed by atoms with van der Waals surface area (Å²) in [5.74, 6) is 0.875. The van der Waals surface area contributed by atoms with Crippen LogP contribution in [0.5, 0.6) is 5.75 Å². The molecule has 0 spiro atoms. The van der Waals surface area contributed by atoms with Crippen LogP contribution >= 0.6 is 0 Å². The van der Waals surface area contributed by atoms with Crippen LogP contribution in [0, 0.1) is 0 Å². The van der Waals surface area contributed by atoms with Gasteiger partial charge in [0.1, 0.15) is 12.8 Å². The number of methoxy groups -OCH3 is 1. The van der Waals surface area contributed by atoms with Gasteiger partial charge in [0, 0.05) is 17.7 Å². The molecule has 0 saturated carbocycles.